The number of rotatable bonds is 4. The van der Waals surface area contributed by atoms with Crippen molar-refractivity contribution in [3.05, 3.63) is 0 Å². The summed E-state index contributed by atoms with van der Waals surface area (Å²) >= 11 is 0. The molecule has 0 aromatic carbocycles. The average Bonchev–Trinajstić information content (AvgIpc) is 2.10. The van der Waals surface area contributed by atoms with Crippen molar-refractivity contribution in [3.8, 4) is 0 Å². The highest BCUT2D eigenvalue weighted by atomic mass is 16.5. The second-order valence-electron chi connectivity index (χ2n) is 5.26. The molecule has 0 bridgehead atoms. The van der Waals surface area contributed by atoms with Crippen molar-refractivity contribution in [2.75, 3.05) is 7.11 Å². The summed E-state index contributed by atoms with van der Waals surface area (Å²) in [5.74, 6) is -0.486. The first-order valence-electron chi connectivity index (χ1n) is 5.30. The monoisotopic (exact) mass is 214 g/mol. The van der Waals surface area contributed by atoms with Crippen LogP contribution in [0.2, 0.25) is 0 Å². The van der Waals surface area contributed by atoms with E-state index in [1.54, 1.807) is 0 Å². The van der Waals surface area contributed by atoms with Crippen molar-refractivity contribution in [2.24, 2.45) is 17.3 Å². The first-order valence-corrected chi connectivity index (χ1v) is 5.30. The number of ketones is 1. The van der Waals surface area contributed by atoms with Gasteiger partial charge in [0.25, 0.3) is 0 Å². The highest BCUT2D eigenvalue weighted by molar-refractivity contribution is 5.87. The maximum atomic E-state index is 11.9. The lowest BCUT2D eigenvalue weighted by molar-refractivity contribution is -0.146. The van der Waals surface area contributed by atoms with Gasteiger partial charge in [-0.2, -0.15) is 0 Å². The Hall–Kier alpha value is -0.860. The van der Waals surface area contributed by atoms with E-state index in [9.17, 15) is 9.59 Å². The molecule has 0 radical (unpaired) electrons. The van der Waals surface area contributed by atoms with Gasteiger partial charge in [0, 0.05) is 11.8 Å². The Morgan fingerprint density at radius 3 is 1.93 bits per heavy atom. The zero-order chi connectivity index (χ0) is 12.2. The van der Waals surface area contributed by atoms with Crippen LogP contribution >= 0.6 is 0 Å². The van der Waals surface area contributed by atoms with E-state index < -0.39 is 0 Å². The molecule has 0 aromatic rings. The fraction of sp³-hybridized carbons (Fsp3) is 0.833. The SMILES string of the molecule is COC(=O)CC(C(=O)C(C)C)C(C)(C)C. The highest BCUT2D eigenvalue weighted by Crippen LogP contribution is 2.31. The van der Waals surface area contributed by atoms with E-state index >= 15 is 0 Å². The highest BCUT2D eigenvalue weighted by Gasteiger charge is 2.34. The Morgan fingerprint density at radius 2 is 1.67 bits per heavy atom. The second kappa shape index (κ2) is 5.29. The van der Waals surface area contributed by atoms with Crippen molar-refractivity contribution in [1.29, 1.82) is 0 Å². The van der Waals surface area contributed by atoms with E-state index in [1.165, 1.54) is 7.11 Å². The van der Waals surface area contributed by atoms with Crippen LogP contribution in [0, 0.1) is 17.3 Å². The summed E-state index contributed by atoms with van der Waals surface area (Å²) in [6.07, 6.45) is 0.178. The third-order valence-corrected chi connectivity index (χ3v) is 2.56. The van der Waals surface area contributed by atoms with Crippen LogP contribution in [0.15, 0.2) is 0 Å². The van der Waals surface area contributed by atoms with Crippen LogP contribution in [0.4, 0.5) is 0 Å². The molecule has 0 aliphatic heterocycles. The van der Waals surface area contributed by atoms with Gasteiger partial charge in [0.1, 0.15) is 5.78 Å². The van der Waals surface area contributed by atoms with Crippen LogP contribution in [-0.2, 0) is 14.3 Å². The predicted molar refractivity (Wildman–Crippen MR) is 59.4 cm³/mol. The third-order valence-electron chi connectivity index (χ3n) is 2.56. The van der Waals surface area contributed by atoms with Gasteiger partial charge in [-0.25, -0.2) is 0 Å². The molecule has 3 heteroatoms. The minimum absolute atomic E-state index is 0.0427. The van der Waals surface area contributed by atoms with Crippen molar-refractivity contribution < 1.29 is 14.3 Å². The van der Waals surface area contributed by atoms with Gasteiger partial charge in [-0.15, -0.1) is 0 Å². The maximum Gasteiger partial charge on any atom is 0.306 e. The number of esters is 1. The standard InChI is InChI=1S/C12H22O3/c1-8(2)11(14)9(12(3,4)5)7-10(13)15-6/h8-9H,7H2,1-6H3. The lowest BCUT2D eigenvalue weighted by atomic mass is 9.74. The molecule has 0 amide bonds. The van der Waals surface area contributed by atoms with E-state index in [2.05, 4.69) is 4.74 Å². The Morgan fingerprint density at radius 1 is 1.20 bits per heavy atom. The van der Waals surface area contributed by atoms with Crippen molar-refractivity contribution in [3.63, 3.8) is 0 Å². The van der Waals surface area contributed by atoms with E-state index in [-0.39, 0.29) is 35.4 Å². The lowest BCUT2D eigenvalue weighted by Crippen LogP contribution is -2.33. The van der Waals surface area contributed by atoms with Crippen molar-refractivity contribution >= 4 is 11.8 Å². The van der Waals surface area contributed by atoms with Crippen LogP contribution in [0.5, 0.6) is 0 Å². The largest absolute Gasteiger partial charge is 0.469 e. The van der Waals surface area contributed by atoms with Gasteiger partial charge in [-0.1, -0.05) is 34.6 Å². The summed E-state index contributed by atoms with van der Waals surface area (Å²) in [5, 5.41) is 0. The third kappa shape index (κ3) is 4.45. The topological polar surface area (TPSA) is 43.4 Å². The van der Waals surface area contributed by atoms with Gasteiger partial charge in [0.05, 0.1) is 13.5 Å². The molecule has 15 heavy (non-hydrogen) atoms. The molecule has 0 saturated heterocycles. The fourth-order valence-corrected chi connectivity index (χ4v) is 1.49. The van der Waals surface area contributed by atoms with Gasteiger partial charge in [0.2, 0.25) is 0 Å². The van der Waals surface area contributed by atoms with E-state index in [4.69, 9.17) is 0 Å². The molecule has 3 nitrogen and oxygen atoms in total. The Bertz CT molecular complexity index is 236. The number of methoxy groups -OCH3 is 1. The Kier molecular flexibility index (Phi) is 4.98. The number of carbonyl (C=O) groups is 2. The number of carbonyl (C=O) groups excluding carboxylic acids is 2. The minimum atomic E-state index is -0.316. The molecular formula is C12H22O3. The number of hydrogen-bond donors (Lipinski definition) is 0. The first-order chi connectivity index (χ1) is 6.70. The average molecular weight is 214 g/mol. The van der Waals surface area contributed by atoms with Gasteiger partial charge in [0.15, 0.2) is 0 Å². The molecule has 0 heterocycles. The molecule has 0 N–H and O–H groups in total. The molecule has 0 aromatic heterocycles. The summed E-state index contributed by atoms with van der Waals surface area (Å²) in [7, 11) is 1.35. The summed E-state index contributed by atoms with van der Waals surface area (Å²) < 4.78 is 4.61. The second-order valence-corrected chi connectivity index (χ2v) is 5.26. The number of ether oxygens (including phenoxy) is 1. The van der Waals surface area contributed by atoms with Crippen LogP contribution in [0.1, 0.15) is 41.0 Å². The van der Waals surface area contributed by atoms with Crippen molar-refractivity contribution in [1.82, 2.24) is 0 Å². The van der Waals surface area contributed by atoms with Gasteiger partial charge < -0.3 is 4.74 Å². The van der Waals surface area contributed by atoms with Crippen LogP contribution in [-0.4, -0.2) is 18.9 Å². The molecule has 0 aliphatic carbocycles. The zero-order valence-electron chi connectivity index (χ0n) is 10.6. The molecule has 1 unspecified atom stereocenters. The van der Waals surface area contributed by atoms with Gasteiger partial charge in [-0.05, 0) is 5.41 Å². The summed E-state index contributed by atoms with van der Waals surface area (Å²) in [6.45, 7) is 9.64. The van der Waals surface area contributed by atoms with Crippen LogP contribution in [0.25, 0.3) is 0 Å². The fourth-order valence-electron chi connectivity index (χ4n) is 1.49. The predicted octanol–water partition coefficient (Wildman–Crippen LogP) is 2.44. The maximum absolute atomic E-state index is 11.9. The molecule has 0 spiro atoms. The smallest absolute Gasteiger partial charge is 0.306 e. The Balaban J connectivity index is 4.75. The molecular weight excluding hydrogens is 192 g/mol. The van der Waals surface area contributed by atoms with Crippen LogP contribution in [0.3, 0.4) is 0 Å². The van der Waals surface area contributed by atoms with Gasteiger partial charge >= 0.3 is 5.97 Å². The number of Topliss-reactive ketones (excluding diaryl/α,β-unsaturated/α-hetero) is 1. The molecule has 0 rings (SSSR count). The summed E-state index contributed by atoms with van der Waals surface area (Å²) in [6, 6.07) is 0. The van der Waals surface area contributed by atoms with E-state index in [0.717, 1.165) is 0 Å². The minimum Gasteiger partial charge on any atom is -0.469 e. The summed E-state index contributed by atoms with van der Waals surface area (Å²) in [4.78, 5) is 23.2. The molecule has 88 valence electrons. The Labute approximate surface area is 92.2 Å². The van der Waals surface area contributed by atoms with Gasteiger partial charge in [-0.3, -0.25) is 9.59 Å². The van der Waals surface area contributed by atoms with E-state index in [1.807, 2.05) is 34.6 Å². The first kappa shape index (κ1) is 14.1. The number of hydrogen-bond acceptors (Lipinski definition) is 3. The molecule has 0 fully saturated rings. The lowest BCUT2D eigenvalue weighted by Gasteiger charge is -2.29. The van der Waals surface area contributed by atoms with Crippen LogP contribution < -0.4 is 0 Å². The quantitative estimate of drug-likeness (QED) is 0.675. The molecule has 0 saturated carbocycles. The van der Waals surface area contributed by atoms with Crippen molar-refractivity contribution in [2.45, 2.75) is 41.0 Å². The summed E-state index contributed by atoms with van der Waals surface area (Å²) in [5.41, 5.74) is -0.199. The normalized spacial score (nSPS) is 13.8. The zero-order valence-corrected chi connectivity index (χ0v) is 10.6. The van der Waals surface area contributed by atoms with E-state index in [0.29, 0.717) is 0 Å². The molecule has 1 atom stereocenters. The molecule has 0 aliphatic rings.